The molecule has 11 nitrogen and oxygen atoms in total. The molecule has 5 N–H and O–H groups in total. The van der Waals surface area contributed by atoms with Crippen LogP contribution in [0.15, 0.2) is 89.4 Å². The van der Waals surface area contributed by atoms with E-state index in [4.69, 9.17) is 4.74 Å². The molecule has 0 spiro atoms. The van der Waals surface area contributed by atoms with E-state index in [1.807, 2.05) is 106 Å². The topological polar surface area (TPSA) is 149 Å². The van der Waals surface area contributed by atoms with Gasteiger partial charge in [0.15, 0.2) is 0 Å². The molecule has 0 saturated heterocycles. The van der Waals surface area contributed by atoms with Crippen molar-refractivity contribution in [3.05, 3.63) is 106 Å². The van der Waals surface area contributed by atoms with Crippen LogP contribution in [0.3, 0.4) is 0 Å². The number of nitrogens with zero attached hydrogens (tertiary/aromatic N) is 1. The summed E-state index contributed by atoms with van der Waals surface area (Å²) in [5, 5.41) is 21.8. The van der Waals surface area contributed by atoms with Crippen molar-refractivity contribution in [1.29, 1.82) is 0 Å². The summed E-state index contributed by atoms with van der Waals surface area (Å²) in [5.41, 5.74) is 2.94. The van der Waals surface area contributed by atoms with Crippen LogP contribution >= 0.6 is 15.9 Å². The Morgan fingerprint density at radius 1 is 0.837 bits per heavy atom. The molecule has 0 aromatic heterocycles. The van der Waals surface area contributed by atoms with Gasteiger partial charge in [-0.25, -0.2) is 9.80 Å². The molecule has 49 heavy (non-hydrogen) atoms. The maximum Gasteiger partial charge on any atom is 0.407 e. The van der Waals surface area contributed by atoms with Crippen LogP contribution in [0, 0.1) is 5.41 Å². The molecule has 3 aromatic rings. The van der Waals surface area contributed by atoms with Crippen LogP contribution in [0.1, 0.15) is 50.3 Å². The number of carbonyl (C=O) groups excluding carboxylic acids is 4. The monoisotopic (exact) mass is 737 g/mol. The van der Waals surface area contributed by atoms with Crippen molar-refractivity contribution in [2.24, 2.45) is 5.41 Å². The van der Waals surface area contributed by atoms with E-state index in [0.717, 1.165) is 21.2 Å². The average Bonchev–Trinajstić information content (AvgIpc) is 3.07. The highest BCUT2D eigenvalue weighted by Gasteiger charge is 2.38. The minimum atomic E-state index is -1.88. The summed E-state index contributed by atoms with van der Waals surface area (Å²) in [6.45, 7) is 6.06. The van der Waals surface area contributed by atoms with Crippen molar-refractivity contribution in [3.8, 4) is 0 Å². The number of amides is 4. The van der Waals surface area contributed by atoms with E-state index >= 15 is 0 Å². The van der Waals surface area contributed by atoms with Gasteiger partial charge in [-0.15, -0.1) is 0 Å². The highest BCUT2D eigenvalue weighted by Crippen LogP contribution is 2.23. The Hall–Kier alpha value is -4.26. The summed E-state index contributed by atoms with van der Waals surface area (Å²) in [6.07, 6.45) is -0.153. The third kappa shape index (κ3) is 12.6. The quantitative estimate of drug-likeness (QED) is 0.138. The SMILES string of the molecule is CNC(=O)[C@H](Cc1ccccc1)NC(=O)[C@@](O)(CCCN(Cc1ccc(Br)cc1)NC(=O)[C@@H](NC(=O)OC)C(C)(C)C)Cc1ccccc1. The lowest BCUT2D eigenvalue weighted by Gasteiger charge is -2.33. The van der Waals surface area contributed by atoms with Gasteiger partial charge < -0.3 is 25.8 Å². The molecular formula is C37H48BrN5O6. The van der Waals surface area contributed by atoms with Gasteiger partial charge in [0.25, 0.3) is 11.8 Å². The van der Waals surface area contributed by atoms with Crippen molar-refractivity contribution in [2.75, 3.05) is 20.7 Å². The Balaban J connectivity index is 1.85. The number of benzene rings is 3. The molecule has 0 aliphatic heterocycles. The number of hydrogen-bond acceptors (Lipinski definition) is 7. The predicted molar refractivity (Wildman–Crippen MR) is 192 cm³/mol. The van der Waals surface area contributed by atoms with Crippen LogP contribution < -0.4 is 21.4 Å². The van der Waals surface area contributed by atoms with Crippen LogP contribution in [0.25, 0.3) is 0 Å². The van der Waals surface area contributed by atoms with E-state index in [0.29, 0.717) is 13.0 Å². The lowest BCUT2D eigenvalue weighted by molar-refractivity contribution is -0.143. The third-order valence-corrected chi connectivity index (χ3v) is 8.59. The molecule has 0 aliphatic rings. The third-order valence-electron chi connectivity index (χ3n) is 8.06. The Morgan fingerprint density at radius 2 is 1.43 bits per heavy atom. The molecule has 0 saturated carbocycles. The first kappa shape index (κ1) is 39.2. The van der Waals surface area contributed by atoms with Gasteiger partial charge in [0.2, 0.25) is 5.91 Å². The number of rotatable bonds is 16. The zero-order valence-electron chi connectivity index (χ0n) is 28.8. The maximum absolute atomic E-state index is 13.9. The number of halogens is 1. The Bertz CT molecular complexity index is 1520. The molecule has 0 heterocycles. The number of carbonyl (C=O) groups is 4. The van der Waals surface area contributed by atoms with Crippen molar-refractivity contribution in [1.82, 2.24) is 26.4 Å². The maximum atomic E-state index is 13.9. The molecule has 0 aliphatic carbocycles. The van der Waals surface area contributed by atoms with Gasteiger partial charge in [-0.05, 0) is 47.1 Å². The van der Waals surface area contributed by atoms with Gasteiger partial charge >= 0.3 is 6.09 Å². The number of hydrazine groups is 1. The summed E-state index contributed by atoms with van der Waals surface area (Å²) >= 11 is 3.45. The lowest BCUT2D eigenvalue weighted by Crippen LogP contribution is -2.57. The average molecular weight is 739 g/mol. The van der Waals surface area contributed by atoms with E-state index in [1.165, 1.54) is 14.2 Å². The molecule has 3 atom stereocenters. The van der Waals surface area contributed by atoms with Gasteiger partial charge in [0, 0.05) is 37.5 Å². The van der Waals surface area contributed by atoms with Crippen molar-refractivity contribution < 1.29 is 29.0 Å². The van der Waals surface area contributed by atoms with Crippen LogP contribution in [-0.2, 0) is 38.5 Å². The van der Waals surface area contributed by atoms with Crippen LogP contribution in [-0.4, -0.2) is 72.3 Å². The second-order valence-electron chi connectivity index (χ2n) is 13.1. The van der Waals surface area contributed by atoms with Crippen LogP contribution in [0.5, 0.6) is 0 Å². The number of methoxy groups -OCH3 is 1. The number of nitrogens with one attached hydrogen (secondary N) is 4. The zero-order chi connectivity index (χ0) is 36.0. The predicted octanol–water partition coefficient (Wildman–Crippen LogP) is 4.28. The van der Waals surface area contributed by atoms with Gasteiger partial charge in [-0.1, -0.05) is 109 Å². The van der Waals surface area contributed by atoms with E-state index in [9.17, 15) is 24.3 Å². The number of ether oxygens (including phenoxy) is 1. The number of hydrogen-bond donors (Lipinski definition) is 5. The minimum absolute atomic E-state index is 0.0136. The Morgan fingerprint density at radius 3 is 1.98 bits per heavy atom. The standard InChI is InChI=1S/C37H48BrN5O6/c1-36(2,3)31(41-35(47)49-5)33(45)42-43(25-28-17-19-29(38)20-18-28)22-12-21-37(48,24-27-15-10-7-11-16-27)34(46)40-30(32(44)39-4)23-26-13-8-6-9-14-26/h6-11,13-20,30-31,48H,12,21-25H2,1-5H3,(H,39,44)(H,40,46)(H,41,47)(H,42,45)/t30-,31+,37+/m0/s1. The number of alkyl carbamates (subject to hydrolysis) is 1. The fraction of sp³-hybridized carbons (Fsp3) is 0.405. The van der Waals surface area contributed by atoms with E-state index in [2.05, 4.69) is 37.3 Å². The summed E-state index contributed by atoms with van der Waals surface area (Å²) in [5.74, 6) is -1.49. The fourth-order valence-electron chi connectivity index (χ4n) is 5.36. The second kappa shape index (κ2) is 18.5. The van der Waals surface area contributed by atoms with Crippen molar-refractivity contribution in [3.63, 3.8) is 0 Å². The highest BCUT2D eigenvalue weighted by molar-refractivity contribution is 9.10. The number of likely N-dealkylation sites (N-methyl/N-ethyl adjacent to an activating group) is 1. The summed E-state index contributed by atoms with van der Waals surface area (Å²) in [7, 11) is 2.74. The molecular weight excluding hydrogens is 690 g/mol. The molecule has 3 aromatic carbocycles. The first-order valence-electron chi connectivity index (χ1n) is 16.2. The largest absolute Gasteiger partial charge is 0.453 e. The van der Waals surface area contributed by atoms with E-state index < -0.39 is 41.0 Å². The zero-order valence-corrected chi connectivity index (χ0v) is 30.4. The first-order chi connectivity index (χ1) is 23.2. The van der Waals surface area contributed by atoms with Crippen LogP contribution in [0.4, 0.5) is 4.79 Å². The smallest absolute Gasteiger partial charge is 0.407 e. The molecule has 0 radical (unpaired) electrons. The van der Waals surface area contributed by atoms with Crippen molar-refractivity contribution >= 4 is 39.7 Å². The van der Waals surface area contributed by atoms with Gasteiger partial charge in [-0.3, -0.25) is 19.8 Å². The van der Waals surface area contributed by atoms with Gasteiger partial charge in [-0.2, -0.15) is 0 Å². The molecule has 4 amide bonds. The van der Waals surface area contributed by atoms with Crippen molar-refractivity contribution in [2.45, 2.75) is 70.7 Å². The summed E-state index contributed by atoms with van der Waals surface area (Å²) in [4.78, 5) is 52.5. The minimum Gasteiger partial charge on any atom is -0.453 e. The van der Waals surface area contributed by atoms with E-state index in [-0.39, 0.29) is 31.7 Å². The molecule has 3 rings (SSSR count). The number of aliphatic hydroxyl groups is 1. The molecule has 264 valence electrons. The molecule has 0 bridgehead atoms. The second-order valence-corrected chi connectivity index (χ2v) is 14.0. The summed E-state index contributed by atoms with van der Waals surface area (Å²) < 4.78 is 5.66. The Labute approximate surface area is 297 Å². The highest BCUT2D eigenvalue weighted by atomic mass is 79.9. The molecule has 0 fully saturated rings. The normalized spacial score (nSPS) is 13.8. The molecule has 0 unspecified atom stereocenters. The first-order valence-corrected chi connectivity index (χ1v) is 17.0. The molecule has 12 heteroatoms. The van der Waals surface area contributed by atoms with E-state index in [1.54, 1.807) is 5.01 Å². The van der Waals surface area contributed by atoms with Gasteiger partial charge in [0.1, 0.15) is 17.7 Å². The lowest BCUT2D eigenvalue weighted by atomic mass is 9.86. The summed E-state index contributed by atoms with van der Waals surface area (Å²) in [6, 6.07) is 24.3. The Kier molecular flexibility index (Phi) is 14.8. The van der Waals surface area contributed by atoms with Crippen LogP contribution in [0.2, 0.25) is 0 Å². The fourth-order valence-corrected chi connectivity index (χ4v) is 5.63. The van der Waals surface area contributed by atoms with Gasteiger partial charge in [0.05, 0.1) is 7.11 Å².